The highest BCUT2D eigenvalue weighted by Crippen LogP contribution is 2.20. The number of carbonyl (C=O) groups excluding carboxylic acids is 1. The van der Waals surface area contributed by atoms with Crippen LogP contribution >= 0.6 is 37.7 Å². The molecule has 7 nitrogen and oxygen atoms in total. The average Bonchev–Trinajstić information content (AvgIpc) is 2.63. The van der Waals surface area contributed by atoms with Gasteiger partial charge in [0.1, 0.15) is 12.4 Å². The first-order valence-corrected chi connectivity index (χ1v) is 9.79. The lowest BCUT2D eigenvalue weighted by molar-refractivity contribution is -0.122. The zero-order chi connectivity index (χ0) is 19.4. The molecule has 0 aliphatic rings. The molecule has 0 saturated heterocycles. The molecule has 10 heteroatoms. The Balaban J connectivity index is 0.00000676. The Morgan fingerprint density at radius 3 is 2.52 bits per heavy atom. The van der Waals surface area contributed by atoms with Crippen LogP contribution in [0.4, 0.5) is 0 Å². The molecule has 1 amide bonds. The van der Waals surface area contributed by atoms with Crippen molar-refractivity contribution in [2.75, 3.05) is 19.7 Å². The van der Waals surface area contributed by atoms with Crippen molar-refractivity contribution in [3.05, 3.63) is 29.3 Å². The maximum Gasteiger partial charge on any atom is 0.237 e. The van der Waals surface area contributed by atoms with Gasteiger partial charge in [-0.25, -0.2) is 0 Å². The zero-order valence-corrected chi connectivity index (χ0v) is 17.9. The third-order valence-corrected chi connectivity index (χ3v) is 4.42. The summed E-state index contributed by atoms with van der Waals surface area (Å²) >= 11 is 8.60. The van der Waals surface area contributed by atoms with Crippen LogP contribution in [0.3, 0.4) is 0 Å². The summed E-state index contributed by atoms with van der Waals surface area (Å²) in [5, 5.41) is 2.78. The molecule has 27 heavy (non-hydrogen) atoms. The highest BCUT2D eigenvalue weighted by molar-refractivity contribution is 7.79. The number of ether oxygens (including phenoxy) is 1. The number of nitrogens with zero attached hydrogens (tertiary/aromatic N) is 1. The van der Waals surface area contributed by atoms with Crippen LogP contribution in [0.15, 0.2) is 23.2 Å². The van der Waals surface area contributed by atoms with Gasteiger partial charge < -0.3 is 27.3 Å². The van der Waals surface area contributed by atoms with E-state index in [-0.39, 0.29) is 24.3 Å². The molecule has 1 aromatic carbocycles. The number of nitrogens with two attached hydrogens (primary N) is 3. The second-order valence-electron chi connectivity index (χ2n) is 5.80. The van der Waals surface area contributed by atoms with Gasteiger partial charge in [-0.3, -0.25) is 9.79 Å². The summed E-state index contributed by atoms with van der Waals surface area (Å²) in [5.41, 5.74) is 18.6. The maximum atomic E-state index is 11.9. The van der Waals surface area contributed by atoms with Gasteiger partial charge in [-0.05, 0) is 42.5 Å². The fourth-order valence-corrected chi connectivity index (χ4v) is 2.89. The smallest absolute Gasteiger partial charge is 0.237 e. The number of nitrogens with one attached hydrogen (secondary N) is 1. The molecule has 7 N–H and O–H groups in total. The largest absolute Gasteiger partial charge is 0.492 e. The standard InChI is InChI=1S/C17H29N5O2S2.ClH/c18-15(3-1-2-6-22-17(19)20)16(23)21-7-8-24-14-5-4-12(10-25)13(9-14)11-26;/h4-5,9,15,25-26H,1-3,6-8,10-11,18H2,(H,21,23)(H4,19,20,22);1H/t15-;/m1./s1. The Hall–Kier alpha value is -1.29. The number of hydrogen-bond donors (Lipinski definition) is 6. The highest BCUT2D eigenvalue weighted by atomic mass is 35.5. The Morgan fingerprint density at radius 2 is 1.89 bits per heavy atom. The lowest BCUT2D eigenvalue weighted by Crippen LogP contribution is -2.42. The van der Waals surface area contributed by atoms with E-state index in [0.717, 1.165) is 29.7 Å². The first-order valence-electron chi connectivity index (χ1n) is 8.53. The van der Waals surface area contributed by atoms with Gasteiger partial charge in [-0.15, -0.1) is 12.4 Å². The van der Waals surface area contributed by atoms with Crippen LogP contribution in [0, 0.1) is 0 Å². The monoisotopic (exact) mass is 435 g/mol. The second kappa shape index (κ2) is 14.7. The third kappa shape index (κ3) is 10.6. The Kier molecular flexibility index (Phi) is 14.0. The van der Waals surface area contributed by atoms with Crippen molar-refractivity contribution in [2.24, 2.45) is 22.2 Å². The van der Waals surface area contributed by atoms with Crippen molar-refractivity contribution in [3.8, 4) is 5.75 Å². The van der Waals surface area contributed by atoms with Crippen molar-refractivity contribution < 1.29 is 9.53 Å². The molecule has 1 rings (SSSR count). The molecule has 0 radical (unpaired) electrons. The summed E-state index contributed by atoms with van der Waals surface area (Å²) in [6, 6.07) is 5.27. The number of thiol groups is 2. The van der Waals surface area contributed by atoms with E-state index in [1.807, 2.05) is 18.2 Å². The molecule has 1 aromatic rings. The van der Waals surface area contributed by atoms with Crippen LogP contribution in [-0.4, -0.2) is 37.6 Å². The minimum atomic E-state index is -0.542. The van der Waals surface area contributed by atoms with Crippen LogP contribution in [0.5, 0.6) is 5.75 Å². The summed E-state index contributed by atoms with van der Waals surface area (Å²) in [7, 11) is 0. The van der Waals surface area contributed by atoms with Crippen molar-refractivity contribution in [2.45, 2.75) is 36.8 Å². The van der Waals surface area contributed by atoms with Crippen LogP contribution in [0.1, 0.15) is 30.4 Å². The quantitative estimate of drug-likeness (QED) is 0.127. The van der Waals surface area contributed by atoms with E-state index < -0.39 is 6.04 Å². The van der Waals surface area contributed by atoms with Gasteiger partial charge in [0.25, 0.3) is 0 Å². The number of rotatable bonds is 12. The Morgan fingerprint density at radius 1 is 1.19 bits per heavy atom. The lowest BCUT2D eigenvalue weighted by atomic mass is 10.1. The number of benzene rings is 1. The highest BCUT2D eigenvalue weighted by Gasteiger charge is 2.12. The van der Waals surface area contributed by atoms with E-state index in [9.17, 15) is 4.79 Å². The number of hydrogen-bond acceptors (Lipinski definition) is 6. The number of halogens is 1. The Bertz CT molecular complexity index is 601. The molecular formula is C17H30ClN5O2S2. The first-order chi connectivity index (χ1) is 12.5. The van der Waals surface area contributed by atoms with Gasteiger partial charge >= 0.3 is 0 Å². The summed E-state index contributed by atoms with van der Waals surface area (Å²) in [4.78, 5) is 15.8. The fraction of sp³-hybridized carbons (Fsp3) is 0.529. The number of unbranched alkanes of at least 4 members (excludes halogenated alkanes) is 1. The number of aliphatic imine (C=N–C) groups is 1. The second-order valence-corrected chi connectivity index (χ2v) is 6.43. The Labute approximate surface area is 178 Å². The molecule has 1 atom stereocenters. The van der Waals surface area contributed by atoms with E-state index >= 15 is 0 Å². The summed E-state index contributed by atoms with van der Waals surface area (Å²) in [6.45, 7) is 1.31. The van der Waals surface area contributed by atoms with Gasteiger partial charge in [0.05, 0.1) is 12.6 Å². The van der Waals surface area contributed by atoms with Gasteiger partial charge in [0.15, 0.2) is 5.96 Å². The molecular weight excluding hydrogens is 406 g/mol. The van der Waals surface area contributed by atoms with Crippen LogP contribution in [0.2, 0.25) is 0 Å². The van der Waals surface area contributed by atoms with Gasteiger partial charge in [-0.1, -0.05) is 6.07 Å². The van der Waals surface area contributed by atoms with Crippen molar-refractivity contribution in [1.29, 1.82) is 0 Å². The van der Waals surface area contributed by atoms with E-state index in [4.69, 9.17) is 21.9 Å². The summed E-state index contributed by atoms with van der Waals surface area (Å²) in [5.74, 6) is 1.93. The van der Waals surface area contributed by atoms with E-state index in [0.29, 0.717) is 37.6 Å². The van der Waals surface area contributed by atoms with Gasteiger partial charge in [0, 0.05) is 18.1 Å². The molecule has 0 bridgehead atoms. The summed E-state index contributed by atoms with van der Waals surface area (Å²) in [6.07, 6.45) is 2.16. The maximum absolute atomic E-state index is 11.9. The predicted molar refractivity (Wildman–Crippen MR) is 120 cm³/mol. The lowest BCUT2D eigenvalue weighted by Gasteiger charge is -2.13. The molecule has 0 fully saturated rings. The molecule has 154 valence electrons. The van der Waals surface area contributed by atoms with Gasteiger partial charge in [0.2, 0.25) is 5.91 Å². The third-order valence-electron chi connectivity index (χ3n) is 3.74. The average molecular weight is 436 g/mol. The number of amides is 1. The first kappa shape index (κ1) is 25.7. The molecule has 0 heterocycles. The minimum absolute atomic E-state index is 0. The predicted octanol–water partition coefficient (Wildman–Crippen LogP) is 1.23. The van der Waals surface area contributed by atoms with E-state index in [1.165, 1.54) is 0 Å². The van der Waals surface area contributed by atoms with Crippen LogP contribution in [-0.2, 0) is 16.3 Å². The molecule has 0 aliphatic heterocycles. The van der Waals surface area contributed by atoms with Crippen molar-refractivity contribution in [3.63, 3.8) is 0 Å². The van der Waals surface area contributed by atoms with Crippen molar-refractivity contribution >= 4 is 49.5 Å². The number of carbonyl (C=O) groups is 1. The van der Waals surface area contributed by atoms with Gasteiger partial charge in [-0.2, -0.15) is 25.3 Å². The van der Waals surface area contributed by atoms with E-state index in [2.05, 4.69) is 35.6 Å². The van der Waals surface area contributed by atoms with Crippen molar-refractivity contribution in [1.82, 2.24) is 5.32 Å². The topological polar surface area (TPSA) is 129 Å². The SMILES string of the molecule is Cl.NC(N)=NCCCC[C@@H](N)C(=O)NCCOc1ccc(CS)c(CS)c1. The molecule has 0 aromatic heterocycles. The van der Waals surface area contributed by atoms with Crippen LogP contribution in [0.25, 0.3) is 0 Å². The minimum Gasteiger partial charge on any atom is -0.492 e. The van der Waals surface area contributed by atoms with Crippen LogP contribution < -0.4 is 27.3 Å². The normalized spacial score (nSPS) is 11.2. The molecule has 0 unspecified atom stereocenters. The fourth-order valence-electron chi connectivity index (χ4n) is 2.28. The van der Waals surface area contributed by atoms with E-state index in [1.54, 1.807) is 0 Å². The molecule has 0 saturated carbocycles. The summed E-state index contributed by atoms with van der Waals surface area (Å²) < 4.78 is 5.66. The number of guanidine groups is 1. The molecule has 0 aliphatic carbocycles. The zero-order valence-electron chi connectivity index (χ0n) is 15.3. The molecule has 0 spiro atoms.